The van der Waals surface area contributed by atoms with E-state index in [0.717, 1.165) is 12.1 Å². The van der Waals surface area contributed by atoms with Crippen LogP contribution in [0.5, 0.6) is 5.75 Å². The summed E-state index contributed by atoms with van der Waals surface area (Å²) in [7, 11) is 0. The molecule has 3 rings (SSSR count). The van der Waals surface area contributed by atoms with E-state index in [1.165, 1.54) is 30.1 Å². The van der Waals surface area contributed by atoms with Gasteiger partial charge in [-0.2, -0.15) is 22.0 Å². The van der Waals surface area contributed by atoms with Crippen molar-refractivity contribution in [3.63, 3.8) is 0 Å². The predicted molar refractivity (Wildman–Crippen MR) is 86.3 cm³/mol. The van der Waals surface area contributed by atoms with Crippen LogP contribution in [0.2, 0.25) is 0 Å². The van der Waals surface area contributed by atoms with Crippen molar-refractivity contribution in [3.05, 3.63) is 47.3 Å². The third-order valence-electron chi connectivity index (χ3n) is 3.61. The van der Waals surface area contributed by atoms with Crippen LogP contribution in [0.25, 0.3) is 11.0 Å². The first-order valence-electron chi connectivity index (χ1n) is 7.33. The van der Waals surface area contributed by atoms with Crippen LogP contribution in [0.15, 0.2) is 35.6 Å². The zero-order chi connectivity index (χ0) is 18.9. The largest absolute Gasteiger partial charge is 0.434 e. The Morgan fingerprint density at radius 1 is 1.23 bits per heavy atom. The van der Waals surface area contributed by atoms with Crippen molar-refractivity contribution in [1.82, 2.24) is 15.0 Å². The average molecular weight is 389 g/mol. The van der Waals surface area contributed by atoms with Crippen LogP contribution in [0.1, 0.15) is 16.8 Å². The van der Waals surface area contributed by atoms with Gasteiger partial charge in [0.15, 0.2) is 5.16 Å². The van der Waals surface area contributed by atoms with Gasteiger partial charge in [-0.25, -0.2) is 4.98 Å². The summed E-state index contributed by atoms with van der Waals surface area (Å²) >= 11 is 1.20. The molecule has 0 spiro atoms. The van der Waals surface area contributed by atoms with E-state index in [1.807, 2.05) is 0 Å². The number of aromatic nitrogens is 3. The number of rotatable bonds is 5. The normalized spacial score (nSPS) is 12.1. The number of imidazole rings is 1. The summed E-state index contributed by atoms with van der Waals surface area (Å²) in [6, 6.07) is 4.59. The number of benzene rings is 1. The fourth-order valence-electron chi connectivity index (χ4n) is 2.30. The van der Waals surface area contributed by atoms with Gasteiger partial charge in [0.2, 0.25) is 0 Å². The highest BCUT2D eigenvalue weighted by Gasteiger charge is 2.30. The lowest BCUT2D eigenvalue weighted by molar-refractivity contribution is -0.137. The van der Waals surface area contributed by atoms with Crippen molar-refractivity contribution in [2.75, 3.05) is 0 Å². The second kappa shape index (κ2) is 7.10. The summed E-state index contributed by atoms with van der Waals surface area (Å²) in [5.74, 6) is 0.322. The first-order valence-corrected chi connectivity index (χ1v) is 8.31. The van der Waals surface area contributed by atoms with Crippen molar-refractivity contribution < 1.29 is 26.7 Å². The first kappa shape index (κ1) is 18.4. The smallest absolute Gasteiger partial charge is 0.416 e. The quantitative estimate of drug-likeness (QED) is 0.483. The molecule has 0 aliphatic carbocycles. The number of fused-ring (bicyclic) bond motifs is 1. The first-order chi connectivity index (χ1) is 12.2. The molecule has 0 atom stereocenters. The second-order valence-electron chi connectivity index (χ2n) is 5.32. The monoisotopic (exact) mass is 389 g/mol. The SMILES string of the molecule is Cc1c(OC(F)F)ccnc1CSc1nc2ccc(C(F)(F)F)cc2[nH]1. The molecule has 3 aromatic rings. The second-order valence-corrected chi connectivity index (χ2v) is 6.28. The van der Waals surface area contributed by atoms with Gasteiger partial charge in [0.25, 0.3) is 0 Å². The van der Waals surface area contributed by atoms with Gasteiger partial charge < -0.3 is 9.72 Å². The van der Waals surface area contributed by atoms with Crippen molar-refractivity contribution in [3.8, 4) is 5.75 Å². The molecule has 0 saturated carbocycles. The number of alkyl halides is 5. The van der Waals surface area contributed by atoms with Crippen LogP contribution in [-0.2, 0) is 11.9 Å². The number of nitrogens with zero attached hydrogens (tertiary/aromatic N) is 2. The number of aromatic amines is 1. The lowest BCUT2D eigenvalue weighted by Crippen LogP contribution is -2.05. The highest BCUT2D eigenvalue weighted by Crippen LogP contribution is 2.32. The molecule has 2 aromatic heterocycles. The topological polar surface area (TPSA) is 50.8 Å². The van der Waals surface area contributed by atoms with E-state index in [4.69, 9.17) is 0 Å². The van der Waals surface area contributed by atoms with Gasteiger partial charge in [-0.3, -0.25) is 4.98 Å². The lowest BCUT2D eigenvalue weighted by Gasteiger charge is -2.10. The van der Waals surface area contributed by atoms with E-state index in [9.17, 15) is 22.0 Å². The summed E-state index contributed by atoms with van der Waals surface area (Å²) in [5.41, 5.74) is 0.890. The maximum absolute atomic E-state index is 12.8. The fraction of sp³-hybridized carbons (Fsp3) is 0.250. The number of pyridine rings is 1. The molecular formula is C16H12F5N3OS. The Bertz CT molecular complexity index is 926. The molecule has 4 nitrogen and oxygen atoms in total. The van der Waals surface area contributed by atoms with Gasteiger partial charge >= 0.3 is 12.8 Å². The van der Waals surface area contributed by atoms with Crippen molar-refractivity contribution in [1.29, 1.82) is 0 Å². The molecule has 2 heterocycles. The number of ether oxygens (including phenoxy) is 1. The number of hydrogen-bond donors (Lipinski definition) is 1. The predicted octanol–water partition coefficient (Wildman–Crippen LogP) is 5.18. The Hall–Kier alpha value is -2.36. The third kappa shape index (κ3) is 4.06. The molecular weight excluding hydrogens is 377 g/mol. The number of nitrogens with one attached hydrogen (secondary N) is 1. The van der Waals surface area contributed by atoms with E-state index in [1.54, 1.807) is 6.92 Å². The molecule has 0 saturated heterocycles. The molecule has 138 valence electrons. The molecule has 0 radical (unpaired) electrons. The van der Waals surface area contributed by atoms with Gasteiger partial charge in [-0.05, 0) is 31.2 Å². The fourth-order valence-corrected chi connectivity index (χ4v) is 3.21. The number of H-pyrrole nitrogens is 1. The van der Waals surface area contributed by atoms with Crippen LogP contribution in [0.4, 0.5) is 22.0 Å². The zero-order valence-electron chi connectivity index (χ0n) is 13.3. The molecule has 0 aliphatic heterocycles. The molecule has 0 fully saturated rings. The van der Waals surface area contributed by atoms with Gasteiger partial charge in [0, 0.05) is 17.5 Å². The Balaban J connectivity index is 1.78. The van der Waals surface area contributed by atoms with Gasteiger partial charge in [0.05, 0.1) is 22.3 Å². The van der Waals surface area contributed by atoms with E-state index < -0.39 is 18.4 Å². The molecule has 0 unspecified atom stereocenters. The van der Waals surface area contributed by atoms with E-state index >= 15 is 0 Å². The minimum Gasteiger partial charge on any atom is -0.434 e. The molecule has 0 amide bonds. The summed E-state index contributed by atoms with van der Waals surface area (Å²) in [6.45, 7) is -1.33. The van der Waals surface area contributed by atoms with E-state index in [2.05, 4.69) is 19.7 Å². The average Bonchev–Trinajstić information content (AvgIpc) is 2.96. The summed E-state index contributed by atoms with van der Waals surface area (Å²) < 4.78 is 67.4. The van der Waals surface area contributed by atoms with Crippen LogP contribution in [-0.4, -0.2) is 21.6 Å². The number of halogens is 5. The summed E-state index contributed by atoms with van der Waals surface area (Å²) in [4.78, 5) is 11.2. The van der Waals surface area contributed by atoms with E-state index in [-0.39, 0.29) is 17.0 Å². The lowest BCUT2D eigenvalue weighted by atomic mass is 10.2. The van der Waals surface area contributed by atoms with Crippen LogP contribution in [0, 0.1) is 6.92 Å². The highest BCUT2D eigenvalue weighted by molar-refractivity contribution is 7.98. The van der Waals surface area contributed by atoms with Crippen molar-refractivity contribution in [2.45, 2.75) is 30.6 Å². The minimum absolute atomic E-state index is 0.0324. The Kier molecular flexibility index (Phi) is 5.03. The summed E-state index contributed by atoms with van der Waals surface area (Å²) in [5, 5.41) is 0.403. The van der Waals surface area contributed by atoms with Crippen molar-refractivity contribution in [2.24, 2.45) is 0 Å². The molecule has 0 bridgehead atoms. The molecule has 0 aliphatic rings. The summed E-state index contributed by atoms with van der Waals surface area (Å²) in [6.07, 6.45) is -3.08. The van der Waals surface area contributed by atoms with Crippen LogP contribution >= 0.6 is 11.8 Å². The van der Waals surface area contributed by atoms with Gasteiger partial charge in [-0.15, -0.1) is 0 Å². The maximum atomic E-state index is 12.8. The minimum atomic E-state index is -4.43. The molecule has 1 N–H and O–H groups in total. The van der Waals surface area contributed by atoms with Crippen LogP contribution in [0.3, 0.4) is 0 Å². The van der Waals surface area contributed by atoms with Crippen LogP contribution < -0.4 is 4.74 Å². The zero-order valence-corrected chi connectivity index (χ0v) is 14.1. The third-order valence-corrected chi connectivity index (χ3v) is 4.49. The molecule has 26 heavy (non-hydrogen) atoms. The van der Waals surface area contributed by atoms with Gasteiger partial charge in [-0.1, -0.05) is 11.8 Å². The Morgan fingerprint density at radius 3 is 2.69 bits per heavy atom. The Labute approximate surface area is 148 Å². The molecule has 1 aromatic carbocycles. The Morgan fingerprint density at radius 2 is 2.00 bits per heavy atom. The standard InChI is InChI=1S/C16H12F5N3OS/c1-8-12(22-5-4-13(8)25-14(17)18)7-26-15-23-10-3-2-9(16(19,20)21)6-11(10)24-15/h2-6,14H,7H2,1H3,(H,23,24). The highest BCUT2D eigenvalue weighted by atomic mass is 32.2. The maximum Gasteiger partial charge on any atom is 0.416 e. The number of thioether (sulfide) groups is 1. The number of hydrogen-bond acceptors (Lipinski definition) is 4. The van der Waals surface area contributed by atoms with Gasteiger partial charge in [0.1, 0.15) is 5.75 Å². The molecule has 10 heteroatoms. The van der Waals surface area contributed by atoms with Crippen molar-refractivity contribution >= 4 is 22.8 Å². The van der Waals surface area contributed by atoms with E-state index in [0.29, 0.717) is 21.9 Å².